The summed E-state index contributed by atoms with van der Waals surface area (Å²) in [6.45, 7) is 3.00. The molecule has 37 heavy (non-hydrogen) atoms. The van der Waals surface area contributed by atoms with E-state index in [9.17, 15) is 22.4 Å². The molecule has 0 aliphatic carbocycles. The Morgan fingerprint density at radius 1 is 0.973 bits per heavy atom. The zero-order valence-corrected chi connectivity index (χ0v) is 22.2. The van der Waals surface area contributed by atoms with Crippen molar-refractivity contribution in [1.29, 1.82) is 0 Å². The summed E-state index contributed by atoms with van der Waals surface area (Å²) in [7, 11) is -4.17. The first-order chi connectivity index (χ1) is 17.6. The van der Waals surface area contributed by atoms with Crippen molar-refractivity contribution in [3.05, 3.63) is 95.3 Å². The van der Waals surface area contributed by atoms with E-state index in [0.29, 0.717) is 18.0 Å². The van der Waals surface area contributed by atoms with Gasteiger partial charge in [-0.3, -0.25) is 13.9 Å². The Bertz CT molecular complexity index is 1320. The van der Waals surface area contributed by atoms with Crippen LogP contribution < -0.4 is 9.62 Å². The molecule has 0 radical (unpaired) electrons. The number of rotatable bonds is 11. The molecule has 196 valence electrons. The Morgan fingerprint density at radius 2 is 1.59 bits per heavy atom. The molecule has 1 N–H and O–H groups in total. The molecule has 0 saturated heterocycles. The maximum Gasteiger partial charge on any atom is 0.264 e. The van der Waals surface area contributed by atoms with Crippen LogP contribution in [-0.4, -0.2) is 44.3 Å². The highest BCUT2D eigenvalue weighted by Crippen LogP contribution is 2.26. The van der Waals surface area contributed by atoms with Crippen molar-refractivity contribution in [2.24, 2.45) is 0 Å². The Balaban J connectivity index is 2.01. The van der Waals surface area contributed by atoms with Crippen LogP contribution in [0.2, 0.25) is 5.02 Å². The van der Waals surface area contributed by atoms with Gasteiger partial charge in [0.15, 0.2) is 0 Å². The van der Waals surface area contributed by atoms with E-state index in [0.717, 1.165) is 4.31 Å². The Kier molecular flexibility index (Phi) is 9.66. The first kappa shape index (κ1) is 28.1. The summed E-state index contributed by atoms with van der Waals surface area (Å²) in [5.74, 6) is -1.62. The number of amides is 2. The van der Waals surface area contributed by atoms with Crippen molar-refractivity contribution in [2.75, 3.05) is 17.4 Å². The summed E-state index contributed by atoms with van der Waals surface area (Å²) in [6.07, 6.45) is 0.694. The highest BCUT2D eigenvalue weighted by atomic mass is 35.5. The molecule has 0 heterocycles. The van der Waals surface area contributed by atoms with Crippen LogP contribution in [0.5, 0.6) is 0 Å². The summed E-state index contributed by atoms with van der Waals surface area (Å²) in [5.41, 5.74) is 0.422. The number of sulfonamides is 1. The lowest BCUT2D eigenvalue weighted by Gasteiger charge is -2.32. The summed E-state index contributed by atoms with van der Waals surface area (Å²) < 4.78 is 42.7. The second-order valence-corrected chi connectivity index (χ2v) is 10.7. The Labute approximate surface area is 221 Å². The fraction of sp³-hybridized carbons (Fsp3) is 0.259. The fourth-order valence-corrected chi connectivity index (χ4v) is 5.21. The molecule has 0 unspecified atom stereocenters. The highest BCUT2D eigenvalue weighted by Gasteiger charge is 2.32. The fourth-order valence-electron chi connectivity index (χ4n) is 3.64. The standard InChI is InChI=1S/C27H29ClFN3O4S/c1-3-17-30-27(34)20(2)31(18-21-9-7-8-12-25(21)29)26(33)19-32(23-15-13-22(28)14-16-23)37(35,36)24-10-5-4-6-11-24/h4-16,20H,3,17-19H2,1-2H3,(H,30,34)/t20-/m0/s1. The quantitative estimate of drug-likeness (QED) is 0.381. The van der Waals surface area contributed by atoms with Crippen LogP contribution in [0.3, 0.4) is 0 Å². The summed E-state index contributed by atoms with van der Waals surface area (Å²) in [6, 6.07) is 18.7. The molecule has 3 aromatic rings. The molecule has 0 aliphatic heterocycles. The molecular weight excluding hydrogens is 517 g/mol. The van der Waals surface area contributed by atoms with Gasteiger partial charge in [0, 0.05) is 23.7 Å². The lowest BCUT2D eigenvalue weighted by molar-refractivity contribution is -0.139. The van der Waals surface area contributed by atoms with E-state index < -0.39 is 40.2 Å². The third kappa shape index (κ3) is 7.08. The molecule has 10 heteroatoms. The van der Waals surface area contributed by atoms with E-state index in [1.807, 2.05) is 6.92 Å². The van der Waals surface area contributed by atoms with Gasteiger partial charge in [0.05, 0.1) is 10.6 Å². The van der Waals surface area contributed by atoms with Crippen LogP contribution in [0.1, 0.15) is 25.8 Å². The van der Waals surface area contributed by atoms with E-state index in [1.54, 1.807) is 24.3 Å². The molecule has 7 nitrogen and oxygen atoms in total. The molecule has 0 saturated carbocycles. The Hall–Kier alpha value is -3.43. The average molecular weight is 546 g/mol. The van der Waals surface area contributed by atoms with Crippen molar-refractivity contribution >= 4 is 39.1 Å². The molecule has 0 spiro atoms. The smallest absolute Gasteiger partial charge is 0.264 e. The summed E-state index contributed by atoms with van der Waals surface area (Å²) >= 11 is 6.00. The van der Waals surface area contributed by atoms with Crippen molar-refractivity contribution in [3.8, 4) is 0 Å². The topological polar surface area (TPSA) is 86.8 Å². The zero-order chi connectivity index (χ0) is 27.0. The van der Waals surface area contributed by atoms with E-state index in [-0.39, 0.29) is 22.7 Å². The van der Waals surface area contributed by atoms with Crippen LogP contribution in [0.4, 0.5) is 10.1 Å². The lowest BCUT2D eigenvalue weighted by Crippen LogP contribution is -2.51. The van der Waals surface area contributed by atoms with Crippen LogP contribution in [0.25, 0.3) is 0 Å². The van der Waals surface area contributed by atoms with Gasteiger partial charge in [-0.15, -0.1) is 0 Å². The number of halogens is 2. The highest BCUT2D eigenvalue weighted by molar-refractivity contribution is 7.92. The van der Waals surface area contributed by atoms with Gasteiger partial charge in [0.2, 0.25) is 11.8 Å². The van der Waals surface area contributed by atoms with Crippen LogP contribution in [0, 0.1) is 5.82 Å². The summed E-state index contributed by atoms with van der Waals surface area (Å²) in [5, 5.41) is 3.14. The second-order valence-electron chi connectivity index (χ2n) is 8.38. The predicted molar refractivity (Wildman–Crippen MR) is 142 cm³/mol. The van der Waals surface area contributed by atoms with Gasteiger partial charge in [0.25, 0.3) is 10.0 Å². The molecule has 3 aromatic carbocycles. The van der Waals surface area contributed by atoms with Gasteiger partial charge in [-0.1, -0.05) is 54.9 Å². The van der Waals surface area contributed by atoms with Gasteiger partial charge < -0.3 is 10.2 Å². The predicted octanol–water partition coefficient (Wildman–Crippen LogP) is 4.62. The van der Waals surface area contributed by atoms with Crippen LogP contribution in [-0.2, 0) is 26.2 Å². The number of hydrogen-bond donors (Lipinski definition) is 1. The number of carbonyl (C=O) groups excluding carboxylic acids is 2. The van der Waals surface area contributed by atoms with Gasteiger partial charge >= 0.3 is 0 Å². The molecule has 2 amide bonds. The maximum atomic E-state index is 14.5. The van der Waals surface area contributed by atoms with E-state index >= 15 is 0 Å². The minimum Gasteiger partial charge on any atom is -0.354 e. The third-order valence-corrected chi connectivity index (χ3v) is 7.78. The first-order valence-electron chi connectivity index (χ1n) is 11.8. The number of benzene rings is 3. The van der Waals surface area contributed by atoms with Gasteiger partial charge in [-0.05, 0) is 55.8 Å². The monoisotopic (exact) mass is 545 g/mol. The van der Waals surface area contributed by atoms with Gasteiger partial charge in [0.1, 0.15) is 18.4 Å². The number of carbonyl (C=O) groups is 2. The SMILES string of the molecule is CCCNC(=O)[C@H](C)N(Cc1ccccc1F)C(=O)CN(c1ccc(Cl)cc1)S(=O)(=O)c1ccccc1. The Morgan fingerprint density at radius 3 is 2.22 bits per heavy atom. The maximum absolute atomic E-state index is 14.5. The van der Waals surface area contributed by atoms with E-state index in [1.165, 1.54) is 66.4 Å². The van der Waals surface area contributed by atoms with Crippen molar-refractivity contribution in [2.45, 2.75) is 37.8 Å². The number of hydrogen-bond acceptors (Lipinski definition) is 4. The number of nitrogens with one attached hydrogen (secondary N) is 1. The minimum absolute atomic E-state index is 0.00728. The van der Waals surface area contributed by atoms with Crippen molar-refractivity contribution in [3.63, 3.8) is 0 Å². The van der Waals surface area contributed by atoms with E-state index in [2.05, 4.69) is 5.32 Å². The number of anilines is 1. The summed E-state index contributed by atoms with van der Waals surface area (Å²) in [4.78, 5) is 27.7. The van der Waals surface area contributed by atoms with Crippen molar-refractivity contribution in [1.82, 2.24) is 10.2 Å². The van der Waals surface area contributed by atoms with Crippen molar-refractivity contribution < 1.29 is 22.4 Å². The molecule has 3 rings (SSSR count). The third-order valence-electron chi connectivity index (χ3n) is 5.74. The number of nitrogens with zero attached hydrogens (tertiary/aromatic N) is 2. The average Bonchev–Trinajstić information content (AvgIpc) is 2.90. The molecule has 1 atom stereocenters. The molecule has 0 aromatic heterocycles. The van der Waals surface area contributed by atoms with Gasteiger partial charge in [-0.2, -0.15) is 0 Å². The normalized spacial score (nSPS) is 12.0. The van der Waals surface area contributed by atoms with E-state index in [4.69, 9.17) is 11.6 Å². The molecular formula is C27H29ClFN3O4S. The van der Waals surface area contributed by atoms with Crippen LogP contribution in [0.15, 0.2) is 83.8 Å². The lowest BCUT2D eigenvalue weighted by atomic mass is 10.1. The molecule has 0 aliphatic rings. The largest absolute Gasteiger partial charge is 0.354 e. The zero-order valence-electron chi connectivity index (χ0n) is 20.6. The molecule has 0 bridgehead atoms. The minimum atomic E-state index is -4.17. The molecule has 0 fully saturated rings. The van der Waals surface area contributed by atoms with Crippen LogP contribution >= 0.6 is 11.6 Å². The van der Waals surface area contributed by atoms with Gasteiger partial charge in [-0.25, -0.2) is 12.8 Å². The first-order valence-corrected chi connectivity index (χ1v) is 13.6. The second kappa shape index (κ2) is 12.7.